The Morgan fingerprint density at radius 3 is 2.83 bits per heavy atom. The number of carboxylic acid groups (broad SMARTS) is 1. The Morgan fingerprint density at radius 1 is 1.44 bits per heavy atom. The van der Waals surface area contributed by atoms with E-state index in [1.807, 2.05) is 31.2 Å². The van der Waals surface area contributed by atoms with Crippen LogP contribution in [0.15, 0.2) is 35.4 Å². The lowest BCUT2D eigenvalue weighted by Gasteiger charge is -2.06. The van der Waals surface area contributed by atoms with Crippen molar-refractivity contribution in [1.82, 2.24) is 9.78 Å². The highest BCUT2D eigenvalue weighted by Crippen LogP contribution is 2.26. The third-order valence-electron chi connectivity index (χ3n) is 2.75. The fourth-order valence-corrected chi connectivity index (χ4v) is 2.78. The lowest BCUT2D eigenvalue weighted by atomic mass is 10.2. The first kappa shape index (κ1) is 12.7. The van der Waals surface area contributed by atoms with Crippen LogP contribution in [-0.2, 0) is 12.8 Å². The molecule has 18 heavy (non-hydrogen) atoms. The first-order valence-corrected chi connectivity index (χ1v) is 6.50. The molecule has 0 aliphatic carbocycles. The van der Waals surface area contributed by atoms with Crippen LogP contribution in [0.5, 0.6) is 0 Å². The molecule has 0 saturated heterocycles. The highest BCUT2D eigenvalue weighted by atomic mass is 32.2. The van der Waals surface area contributed by atoms with Gasteiger partial charge in [-0.3, -0.25) is 4.68 Å². The molecule has 1 aromatic carbocycles. The summed E-state index contributed by atoms with van der Waals surface area (Å²) in [6.07, 6.45) is 1.40. The van der Waals surface area contributed by atoms with Crippen molar-refractivity contribution < 1.29 is 9.90 Å². The van der Waals surface area contributed by atoms with Crippen LogP contribution in [0.25, 0.3) is 0 Å². The summed E-state index contributed by atoms with van der Waals surface area (Å²) in [6, 6.07) is 8.06. The van der Waals surface area contributed by atoms with E-state index in [9.17, 15) is 4.79 Å². The van der Waals surface area contributed by atoms with Crippen LogP contribution in [0.4, 0.5) is 0 Å². The number of aryl methyl sites for hydroxylation is 2. The van der Waals surface area contributed by atoms with Crippen LogP contribution in [0.1, 0.15) is 21.6 Å². The molecule has 0 aliphatic rings. The summed E-state index contributed by atoms with van der Waals surface area (Å²) in [5.41, 5.74) is 2.20. The molecular formula is C13H14N2O2S. The van der Waals surface area contributed by atoms with Crippen molar-refractivity contribution in [2.45, 2.75) is 17.6 Å². The minimum Gasteiger partial charge on any atom is -0.478 e. The molecule has 1 aromatic heterocycles. The lowest BCUT2D eigenvalue weighted by Crippen LogP contribution is -2.03. The number of hydrogen-bond acceptors (Lipinski definition) is 3. The summed E-state index contributed by atoms with van der Waals surface area (Å²) in [5.74, 6) is -0.327. The van der Waals surface area contributed by atoms with Gasteiger partial charge in [0, 0.05) is 17.7 Å². The summed E-state index contributed by atoms with van der Waals surface area (Å²) >= 11 is 1.63. The van der Waals surface area contributed by atoms with Crippen molar-refractivity contribution in [1.29, 1.82) is 0 Å². The summed E-state index contributed by atoms with van der Waals surface area (Å²) in [6.45, 7) is 2.05. The number of carboxylic acids is 1. The molecule has 1 heterocycles. The van der Waals surface area contributed by atoms with Crippen LogP contribution < -0.4 is 0 Å². The Morgan fingerprint density at radius 2 is 2.17 bits per heavy atom. The van der Waals surface area contributed by atoms with Crippen LogP contribution in [0, 0.1) is 6.92 Å². The van der Waals surface area contributed by atoms with Crippen molar-refractivity contribution in [2.75, 3.05) is 0 Å². The third kappa shape index (κ3) is 2.56. The zero-order valence-corrected chi connectivity index (χ0v) is 11.1. The molecule has 2 rings (SSSR count). The topological polar surface area (TPSA) is 55.1 Å². The molecule has 0 amide bonds. The number of aromatic nitrogens is 2. The van der Waals surface area contributed by atoms with Gasteiger partial charge in [0.25, 0.3) is 0 Å². The van der Waals surface area contributed by atoms with E-state index in [1.165, 1.54) is 11.8 Å². The van der Waals surface area contributed by atoms with E-state index in [2.05, 4.69) is 5.10 Å². The van der Waals surface area contributed by atoms with Gasteiger partial charge in [-0.25, -0.2) is 4.79 Å². The SMILES string of the molecule is Cc1ccccc1SCc1c(C(=O)O)cnn1C. The molecule has 0 radical (unpaired) electrons. The Hall–Kier alpha value is -1.75. The predicted octanol–water partition coefficient (Wildman–Crippen LogP) is 2.72. The molecule has 0 fully saturated rings. The molecule has 0 saturated carbocycles. The van der Waals surface area contributed by atoms with E-state index < -0.39 is 5.97 Å². The maximum atomic E-state index is 11.1. The van der Waals surface area contributed by atoms with Crippen molar-refractivity contribution in [2.24, 2.45) is 7.05 Å². The summed E-state index contributed by atoms with van der Waals surface area (Å²) in [5, 5.41) is 13.1. The molecular weight excluding hydrogens is 248 g/mol. The Bertz CT molecular complexity index is 578. The first-order chi connectivity index (χ1) is 8.59. The van der Waals surface area contributed by atoms with Gasteiger partial charge in [0.05, 0.1) is 11.9 Å². The monoisotopic (exact) mass is 262 g/mol. The fraction of sp³-hybridized carbons (Fsp3) is 0.231. The molecule has 5 heteroatoms. The highest BCUT2D eigenvalue weighted by molar-refractivity contribution is 7.98. The second-order valence-electron chi connectivity index (χ2n) is 3.99. The third-order valence-corrected chi connectivity index (χ3v) is 3.94. The number of rotatable bonds is 4. The highest BCUT2D eigenvalue weighted by Gasteiger charge is 2.15. The molecule has 94 valence electrons. The van der Waals surface area contributed by atoms with Crippen LogP contribution >= 0.6 is 11.8 Å². The zero-order chi connectivity index (χ0) is 13.1. The van der Waals surface area contributed by atoms with Gasteiger partial charge >= 0.3 is 5.97 Å². The second kappa shape index (κ2) is 5.27. The summed E-state index contributed by atoms with van der Waals surface area (Å²) in [4.78, 5) is 12.2. The molecule has 0 spiro atoms. The maximum Gasteiger partial charge on any atom is 0.339 e. The lowest BCUT2D eigenvalue weighted by molar-refractivity contribution is 0.0696. The molecule has 1 N–H and O–H groups in total. The maximum absolute atomic E-state index is 11.1. The van der Waals surface area contributed by atoms with Gasteiger partial charge in [0.2, 0.25) is 0 Å². The molecule has 0 aliphatic heterocycles. The molecule has 0 unspecified atom stereocenters. The summed E-state index contributed by atoms with van der Waals surface area (Å²) in [7, 11) is 1.76. The average Bonchev–Trinajstić information content (AvgIpc) is 2.70. The van der Waals surface area contributed by atoms with Crippen LogP contribution in [-0.4, -0.2) is 20.9 Å². The first-order valence-electron chi connectivity index (χ1n) is 5.52. The number of carbonyl (C=O) groups is 1. The Kier molecular flexibility index (Phi) is 3.72. The van der Waals surface area contributed by atoms with Gasteiger partial charge in [-0.05, 0) is 18.6 Å². The standard InChI is InChI=1S/C13H14N2O2S/c1-9-5-3-4-6-12(9)18-8-11-10(13(16)17)7-14-15(11)2/h3-7H,8H2,1-2H3,(H,16,17). The smallest absolute Gasteiger partial charge is 0.339 e. The van der Waals surface area contributed by atoms with E-state index in [0.29, 0.717) is 5.75 Å². The van der Waals surface area contributed by atoms with E-state index in [0.717, 1.165) is 10.6 Å². The number of benzene rings is 1. The molecule has 0 atom stereocenters. The van der Waals surface area contributed by atoms with E-state index in [4.69, 9.17) is 5.11 Å². The molecule has 0 bridgehead atoms. The Labute approximate surface area is 110 Å². The largest absolute Gasteiger partial charge is 0.478 e. The number of nitrogens with zero attached hydrogens (tertiary/aromatic N) is 2. The zero-order valence-electron chi connectivity index (χ0n) is 10.3. The van der Waals surface area contributed by atoms with Crippen molar-refractivity contribution in [3.05, 3.63) is 47.3 Å². The normalized spacial score (nSPS) is 10.6. The van der Waals surface area contributed by atoms with Gasteiger partial charge in [0.1, 0.15) is 5.56 Å². The minimum absolute atomic E-state index is 0.276. The quantitative estimate of drug-likeness (QED) is 0.861. The number of aromatic carboxylic acids is 1. The van der Waals surface area contributed by atoms with E-state index in [-0.39, 0.29) is 5.56 Å². The Balaban J connectivity index is 2.18. The second-order valence-corrected chi connectivity index (χ2v) is 5.01. The van der Waals surface area contributed by atoms with Crippen molar-refractivity contribution in [3.63, 3.8) is 0 Å². The van der Waals surface area contributed by atoms with Gasteiger partial charge in [0.15, 0.2) is 0 Å². The average molecular weight is 262 g/mol. The van der Waals surface area contributed by atoms with Gasteiger partial charge in [-0.1, -0.05) is 18.2 Å². The number of hydrogen-bond donors (Lipinski definition) is 1. The minimum atomic E-state index is -0.927. The van der Waals surface area contributed by atoms with Crippen LogP contribution in [0.3, 0.4) is 0 Å². The van der Waals surface area contributed by atoms with Crippen molar-refractivity contribution >= 4 is 17.7 Å². The van der Waals surface area contributed by atoms with Gasteiger partial charge in [-0.15, -0.1) is 11.8 Å². The van der Waals surface area contributed by atoms with Gasteiger partial charge in [-0.2, -0.15) is 5.10 Å². The molecule has 2 aromatic rings. The van der Waals surface area contributed by atoms with Crippen molar-refractivity contribution in [3.8, 4) is 0 Å². The van der Waals surface area contributed by atoms with E-state index in [1.54, 1.807) is 23.5 Å². The summed E-state index contributed by atoms with van der Waals surface area (Å²) < 4.78 is 1.62. The predicted molar refractivity (Wildman–Crippen MR) is 70.9 cm³/mol. The fourth-order valence-electron chi connectivity index (χ4n) is 1.68. The van der Waals surface area contributed by atoms with E-state index >= 15 is 0 Å². The van der Waals surface area contributed by atoms with Crippen LogP contribution in [0.2, 0.25) is 0 Å². The number of thioether (sulfide) groups is 1. The molecule has 4 nitrogen and oxygen atoms in total. The van der Waals surface area contributed by atoms with Gasteiger partial charge < -0.3 is 5.11 Å².